The van der Waals surface area contributed by atoms with Gasteiger partial charge in [0.2, 0.25) is 0 Å². The molecule has 2 aliphatic heterocycles. The monoisotopic (exact) mass is 438 g/mol. The van der Waals surface area contributed by atoms with Gasteiger partial charge >= 0.3 is 6.03 Å². The van der Waals surface area contributed by atoms with Crippen LogP contribution in [-0.2, 0) is 0 Å². The van der Waals surface area contributed by atoms with Crippen molar-refractivity contribution >= 4 is 23.4 Å². The van der Waals surface area contributed by atoms with Gasteiger partial charge in [0.1, 0.15) is 12.1 Å². The summed E-state index contributed by atoms with van der Waals surface area (Å²) in [7, 11) is 0. The van der Waals surface area contributed by atoms with Crippen molar-refractivity contribution in [2.75, 3.05) is 37.7 Å². The molecule has 2 amide bonds. The SMILES string of the molecule is CCCCNC(=O)n1ccc(N2CCOc3cc(C(=O)N4CCCCC4)cnc32)cc1=N. The van der Waals surface area contributed by atoms with Crippen molar-refractivity contribution in [3.63, 3.8) is 0 Å². The number of amides is 2. The van der Waals surface area contributed by atoms with Crippen LogP contribution in [0.1, 0.15) is 49.4 Å². The molecule has 2 aromatic heterocycles. The summed E-state index contributed by atoms with van der Waals surface area (Å²) in [5, 5.41) is 11.1. The third kappa shape index (κ3) is 4.61. The Morgan fingerprint density at radius 2 is 2.00 bits per heavy atom. The smallest absolute Gasteiger partial charge is 0.327 e. The van der Waals surface area contributed by atoms with Gasteiger partial charge in [-0.05, 0) is 37.8 Å². The zero-order chi connectivity index (χ0) is 22.5. The van der Waals surface area contributed by atoms with Gasteiger partial charge in [0.05, 0.1) is 12.1 Å². The van der Waals surface area contributed by atoms with Crippen molar-refractivity contribution in [1.82, 2.24) is 19.8 Å². The van der Waals surface area contributed by atoms with E-state index in [1.54, 1.807) is 30.6 Å². The number of pyridine rings is 2. The number of fused-ring (bicyclic) bond motifs is 1. The molecule has 2 N–H and O–H groups in total. The fourth-order valence-corrected chi connectivity index (χ4v) is 4.04. The van der Waals surface area contributed by atoms with E-state index in [2.05, 4.69) is 17.2 Å². The van der Waals surface area contributed by atoms with Gasteiger partial charge in [-0.3, -0.25) is 14.8 Å². The second-order valence-corrected chi connectivity index (χ2v) is 8.12. The van der Waals surface area contributed by atoms with Crippen molar-refractivity contribution < 1.29 is 14.3 Å². The Balaban J connectivity index is 1.54. The molecule has 0 saturated carbocycles. The molecule has 9 nitrogen and oxygen atoms in total. The number of aromatic nitrogens is 2. The number of hydrogen-bond acceptors (Lipinski definition) is 6. The molecule has 4 rings (SSSR count). The van der Waals surface area contributed by atoms with Crippen LogP contribution < -0.4 is 20.4 Å². The first kappa shape index (κ1) is 21.9. The maximum absolute atomic E-state index is 12.8. The molecule has 32 heavy (non-hydrogen) atoms. The second kappa shape index (κ2) is 9.84. The van der Waals surface area contributed by atoms with Gasteiger partial charge in [-0.1, -0.05) is 13.3 Å². The molecule has 0 atom stereocenters. The first-order chi connectivity index (χ1) is 15.6. The number of anilines is 2. The summed E-state index contributed by atoms with van der Waals surface area (Å²) in [4.78, 5) is 33.5. The lowest BCUT2D eigenvalue weighted by molar-refractivity contribution is 0.0723. The van der Waals surface area contributed by atoms with E-state index in [1.165, 1.54) is 11.0 Å². The van der Waals surface area contributed by atoms with E-state index in [-0.39, 0.29) is 17.4 Å². The maximum atomic E-state index is 12.8. The minimum atomic E-state index is -0.309. The summed E-state index contributed by atoms with van der Waals surface area (Å²) in [6.45, 7) is 5.21. The number of nitrogens with zero attached hydrogens (tertiary/aromatic N) is 4. The molecule has 2 aromatic rings. The second-order valence-electron chi connectivity index (χ2n) is 8.12. The number of ether oxygens (including phenoxy) is 1. The summed E-state index contributed by atoms with van der Waals surface area (Å²) in [5.74, 6) is 1.15. The molecule has 0 aromatic carbocycles. The summed E-state index contributed by atoms with van der Waals surface area (Å²) >= 11 is 0. The molecule has 1 fully saturated rings. The lowest BCUT2D eigenvalue weighted by Crippen LogP contribution is -2.37. The zero-order valence-corrected chi connectivity index (χ0v) is 18.5. The predicted molar refractivity (Wildman–Crippen MR) is 120 cm³/mol. The van der Waals surface area contributed by atoms with E-state index in [4.69, 9.17) is 10.1 Å². The van der Waals surface area contributed by atoms with Crippen LogP contribution in [-0.4, -0.2) is 59.2 Å². The fraction of sp³-hybridized carbons (Fsp3) is 0.478. The van der Waals surface area contributed by atoms with Crippen LogP contribution in [0.2, 0.25) is 0 Å². The van der Waals surface area contributed by atoms with Crippen molar-refractivity contribution in [1.29, 1.82) is 5.41 Å². The van der Waals surface area contributed by atoms with Gasteiger partial charge in [0.15, 0.2) is 11.6 Å². The van der Waals surface area contributed by atoms with Crippen LogP contribution in [0.5, 0.6) is 5.75 Å². The molecule has 0 unspecified atom stereocenters. The van der Waals surface area contributed by atoms with Crippen molar-refractivity contribution in [2.45, 2.75) is 39.0 Å². The molecule has 170 valence electrons. The van der Waals surface area contributed by atoms with Crippen LogP contribution in [0.4, 0.5) is 16.3 Å². The average molecular weight is 439 g/mol. The average Bonchev–Trinajstić information content (AvgIpc) is 2.83. The first-order valence-corrected chi connectivity index (χ1v) is 11.3. The highest BCUT2D eigenvalue weighted by Crippen LogP contribution is 2.35. The third-order valence-electron chi connectivity index (χ3n) is 5.83. The molecule has 4 heterocycles. The van der Waals surface area contributed by atoms with Gasteiger partial charge < -0.3 is 19.9 Å². The van der Waals surface area contributed by atoms with Crippen LogP contribution in [0.3, 0.4) is 0 Å². The molecule has 0 radical (unpaired) electrons. The summed E-state index contributed by atoms with van der Waals surface area (Å²) in [6, 6.07) is 4.89. The standard InChI is InChI=1S/C23H30N6O3/c1-2-3-8-25-23(31)29-11-7-18(15-20(29)24)28-12-13-32-19-14-17(16-26-21(19)28)22(30)27-9-5-4-6-10-27/h7,11,14-16,24H,2-6,8-10,12-13H2,1H3,(H,25,31). The lowest BCUT2D eigenvalue weighted by Gasteiger charge is -2.31. The van der Waals surface area contributed by atoms with Crippen molar-refractivity contribution in [3.8, 4) is 5.75 Å². The van der Waals surface area contributed by atoms with Gasteiger partial charge in [0, 0.05) is 43.8 Å². The Bertz CT molecular complexity index is 1040. The number of carbonyl (C=O) groups excluding carboxylic acids is 2. The van der Waals surface area contributed by atoms with Gasteiger partial charge in [-0.2, -0.15) is 0 Å². The van der Waals surface area contributed by atoms with Crippen molar-refractivity contribution in [2.24, 2.45) is 0 Å². The zero-order valence-electron chi connectivity index (χ0n) is 18.5. The Labute approximate surface area is 187 Å². The molecule has 1 saturated heterocycles. The number of rotatable bonds is 5. The summed E-state index contributed by atoms with van der Waals surface area (Å²) in [6.07, 6.45) is 8.33. The Morgan fingerprint density at radius 3 is 2.75 bits per heavy atom. The fourth-order valence-electron chi connectivity index (χ4n) is 4.04. The van der Waals surface area contributed by atoms with E-state index in [9.17, 15) is 9.59 Å². The highest BCUT2D eigenvalue weighted by Gasteiger charge is 2.25. The van der Waals surface area contributed by atoms with E-state index in [0.717, 1.165) is 44.5 Å². The summed E-state index contributed by atoms with van der Waals surface area (Å²) < 4.78 is 7.10. The van der Waals surface area contributed by atoms with Crippen LogP contribution in [0.25, 0.3) is 0 Å². The highest BCUT2D eigenvalue weighted by atomic mass is 16.5. The summed E-state index contributed by atoms with van der Waals surface area (Å²) in [5.41, 5.74) is 1.37. The number of unbranched alkanes of at least 4 members (excludes halogenated alkanes) is 1. The predicted octanol–water partition coefficient (Wildman–Crippen LogP) is 2.88. The van der Waals surface area contributed by atoms with Gasteiger partial charge in [0.25, 0.3) is 5.91 Å². The van der Waals surface area contributed by atoms with Crippen LogP contribution in [0, 0.1) is 5.41 Å². The van der Waals surface area contributed by atoms with Crippen molar-refractivity contribution in [3.05, 3.63) is 41.6 Å². The van der Waals surface area contributed by atoms with Gasteiger partial charge in [-0.15, -0.1) is 0 Å². The number of piperidine rings is 1. The molecule has 2 aliphatic rings. The van der Waals surface area contributed by atoms with Crippen LogP contribution >= 0.6 is 0 Å². The Kier molecular flexibility index (Phi) is 6.72. The topological polar surface area (TPSA) is 104 Å². The Hall–Kier alpha value is -3.36. The molecule has 9 heteroatoms. The molecule has 0 aliphatic carbocycles. The van der Waals surface area contributed by atoms with E-state index >= 15 is 0 Å². The molecule has 0 spiro atoms. The van der Waals surface area contributed by atoms with Gasteiger partial charge in [-0.25, -0.2) is 9.78 Å². The molecule has 0 bridgehead atoms. The number of likely N-dealkylation sites (tertiary alicyclic amines) is 1. The van der Waals surface area contributed by atoms with E-state index in [0.29, 0.717) is 36.8 Å². The Morgan fingerprint density at radius 1 is 1.19 bits per heavy atom. The highest BCUT2D eigenvalue weighted by molar-refractivity contribution is 5.95. The van der Waals surface area contributed by atoms with E-state index in [1.807, 2.05) is 9.80 Å². The molecular weight excluding hydrogens is 408 g/mol. The largest absolute Gasteiger partial charge is 0.488 e. The molecular formula is C23H30N6O3. The number of nitrogens with one attached hydrogen (secondary N) is 2. The normalized spacial score (nSPS) is 15.7. The quantitative estimate of drug-likeness (QED) is 0.699. The minimum absolute atomic E-state index is 0.0102. The van der Waals surface area contributed by atoms with Crippen LogP contribution in [0.15, 0.2) is 30.6 Å². The lowest BCUT2D eigenvalue weighted by atomic mass is 10.1. The minimum Gasteiger partial charge on any atom is -0.488 e. The maximum Gasteiger partial charge on any atom is 0.327 e. The first-order valence-electron chi connectivity index (χ1n) is 11.3. The third-order valence-corrected chi connectivity index (χ3v) is 5.83. The number of carbonyl (C=O) groups is 2. The van der Waals surface area contributed by atoms with E-state index < -0.39 is 0 Å². The number of hydrogen-bond donors (Lipinski definition) is 2.